The molecule has 23 heavy (non-hydrogen) atoms. The molecule has 120 valence electrons. The zero-order valence-electron chi connectivity index (χ0n) is 13.9. The lowest BCUT2D eigenvalue weighted by Gasteiger charge is -2.21. The lowest BCUT2D eigenvalue weighted by molar-refractivity contribution is 0.124. The number of fused-ring (bicyclic) bond motifs is 1. The smallest absolute Gasteiger partial charge is 0.106 e. The second-order valence-electron chi connectivity index (χ2n) is 6.16. The van der Waals surface area contributed by atoms with Crippen molar-refractivity contribution in [3.63, 3.8) is 0 Å². The Balaban J connectivity index is 1.71. The van der Waals surface area contributed by atoms with Crippen LogP contribution in [0.3, 0.4) is 0 Å². The standard InChI is InChI=1S/C19H23N3O/c1-14-20-17-11-16(9-10-18(17)22(14)3)19(23)13-21(2)12-15-7-5-4-6-8-15/h4-11,19,23H,12-13H2,1-3H3. The minimum absolute atomic E-state index is 0.518. The van der Waals surface area contributed by atoms with E-state index in [9.17, 15) is 5.11 Å². The highest BCUT2D eigenvalue weighted by molar-refractivity contribution is 5.76. The Morgan fingerprint density at radius 1 is 1.17 bits per heavy atom. The van der Waals surface area contributed by atoms with Gasteiger partial charge in [0.2, 0.25) is 0 Å². The summed E-state index contributed by atoms with van der Waals surface area (Å²) in [6.45, 7) is 3.40. The molecule has 0 aliphatic heterocycles. The first-order chi connectivity index (χ1) is 11.0. The van der Waals surface area contributed by atoms with Crippen molar-refractivity contribution in [2.45, 2.75) is 19.6 Å². The molecule has 1 aromatic heterocycles. The number of rotatable bonds is 5. The van der Waals surface area contributed by atoms with Gasteiger partial charge in [-0.25, -0.2) is 4.98 Å². The molecule has 0 saturated carbocycles. The number of aliphatic hydroxyl groups is 1. The zero-order chi connectivity index (χ0) is 16.4. The third-order valence-corrected chi connectivity index (χ3v) is 4.29. The Morgan fingerprint density at radius 3 is 2.65 bits per heavy atom. The first-order valence-corrected chi connectivity index (χ1v) is 7.88. The summed E-state index contributed by atoms with van der Waals surface area (Å²) < 4.78 is 2.06. The number of aliphatic hydroxyl groups excluding tert-OH is 1. The van der Waals surface area contributed by atoms with Crippen LogP contribution < -0.4 is 0 Å². The van der Waals surface area contributed by atoms with Crippen molar-refractivity contribution >= 4 is 11.0 Å². The molecule has 0 aliphatic rings. The summed E-state index contributed by atoms with van der Waals surface area (Å²) in [5.41, 5.74) is 4.19. The molecule has 0 bridgehead atoms. The van der Waals surface area contributed by atoms with Crippen molar-refractivity contribution < 1.29 is 5.11 Å². The predicted molar refractivity (Wildman–Crippen MR) is 93.2 cm³/mol. The molecular formula is C19H23N3O. The van der Waals surface area contributed by atoms with E-state index < -0.39 is 6.10 Å². The van der Waals surface area contributed by atoms with Crippen LogP contribution in [-0.2, 0) is 13.6 Å². The van der Waals surface area contributed by atoms with E-state index in [-0.39, 0.29) is 0 Å². The predicted octanol–water partition coefficient (Wildman–Crippen LogP) is 3.05. The van der Waals surface area contributed by atoms with Gasteiger partial charge in [-0.3, -0.25) is 4.90 Å². The van der Waals surface area contributed by atoms with Crippen LogP contribution in [0.25, 0.3) is 11.0 Å². The molecule has 0 aliphatic carbocycles. The third-order valence-electron chi connectivity index (χ3n) is 4.29. The topological polar surface area (TPSA) is 41.3 Å². The highest BCUT2D eigenvalue weighted by atomic mass is 16.3. The van der Waals surface area contributed by atoms with Crippen molar-refractivity contribution in [2.24, 2.45) is 7.05 Å². The Morgan fingerprint density at radius 2 is 1.91 bits per heavy atom. The van der Waals surface area contributed by atoms with Gasteiger partial charge in [-0.15, -0.1) is 0 Å². The highest BCUT2D eigenvalue weighted by Gasteiger charge is 2.13. The van der Waals surface area contributed by atoms with E-state index in [4.69, 9.17) is 0 Å². The fourth-order valence-electron chi connectivity index (χ4n) is 2.90. The molecule has 0 saturated heterocycles. The molecule has 0 radical (unpaired) electrons. The number of aryl methyl sites for hydroxylation is 2. The van der Waals surface area contributed by atoms with Gasteiger partial charge in [0.1, 0.15) is 5.82 Å². The van der Waals surface area contributed by atoms with Crippen LogP contribution in [0, 0.1) is 6.92 Å². The van der Waals surface area contributed by atoms with Crippen molar-refractivity contribution in [1.29, 1.82) is 0 Å². The fourth-order valence-corrected chi connectivity index (χ4v) is 2.90. The van der Waals surface area contributed by atoms with Gasteiger partial charge in [0.05, 0.1) is 17.1 Å². The summed E-state index contributed by atoms with van der Waals surface area (Å²) in [7, 11) is 4.04. The van der Waals surface area contributed by atoms with E-state index in [0.29, 0.717) is 6.54 Å². The van der Waals surface area contributed by atoms with Crippen molar-refractivity contribution in [1.82, 2.24) is 14.5 Å². The minimum Gasteiger partial charge on any atom is -0.387 e. The quantitative estimate of drug-likeness (QED) is 0.787. The summed E-state index contributed by atoms with van der Waals surface area (Å²) in [5, 5.41) is 10.5. The van der Waals surface area contributed by atoms with Gasteiger partial charge in [-0.2, -0.15) is 0 Å². The molecule has 1 N–H and O–H groups in total. The molecule has 0 spiro atoms. The first kappa shape index (κ1) is 15.7. The van der Waals surface area contributed by atoms with E-state index in [0.717, 1.165) is 29.0 Å². The Labute approximate surface area is 137 Å². The van der Waals surface area contributed by atoms with Crippen LogP contribution in [0.4, 0.5) is 0 Å². The number of likely N-dealkylation sites (N-methyl/N-ethyl adjacent to an activating group) is 1. The Bertz CT molecular complexity index is 795. The zero-order valence-corrected chi connectivity index (χ0v) is 13.9. The molecule has 3 rings (SSSR count). The largest absolute Gasteiger partial charge is 0.387 e. The van der Waals surface area contributed by atoms with Crippen LogP contribution in [0.5, 0.6) is 0 Å². The van der Waals surface area contributed by atoms with E-state index in [2.05, 4.69) is 26.6 Å². The highest BCUT2D eigenvalue weighted by Crippen LogP contribution is 2.21. The number of nitrogens with zero attached hydrogens (tertiary/aromatic N) is 3. The summed E-state index contributed by atoms with van der Waals surface area (Å²) in [6.07, 6.45) is -0.518. The number of hydrogen-bond acceptors (Lipinski definition) is 3. The first-order valence-electron chi connectivity index (χ1n) is 7.88. The molecule has 2 aromatic carbocycles. The van der Waals surface area contributed by atoms with Crippen LogP contribution in [0.1, 0.15) is 23.1 Å². The molecule has 4 nitrogen and oxygen atoms in total. The average Bonchev–Trinajstić information content (AvgIpc) is 2.82. The number of hydrogen-bond donors (Lipinski definition) is 1. The average molecular weight is 309 g/mol. The molecule has 4 heteroatoms. The SMILES string of the molecule is Cc1nc2cc(C(O)CN(C)Cc3ccccc3)ccc2n1C. The Kier molecular flexibility index (Phi) is 4.46. The number of benzene rings is 2. The lowest BCUT2D eigenvalue weighted by atomic mass is 10.1. The number of aromatic nitrogens is 2. The van der Waals surface area contributed by atoms with Crippen molar-refractivity contribution in [3.05, 3.63) is 65.5 Å². The van der Waals surface area contributed by atoms with Gasteiger partial charge in [0.15, 0.2) is 0 Å². The van der Waals surface area contributed by atoms with Gasteiger partial charge in [-0.1, -0.05) is 36.4 Å². The van der Waals surface area contributed by atoms with Gasteiger partial charge in [0.25, 0.3) is 0 Å². The van der Waals surface area contributed by atoms with Crippen molar-refractivity contribution in [2.75, 3.05) is 13.6 Å². The van der Waals surface area contributed by atoms with Crippen LogP contribution in [0.2, 0.25) is 0 Å². The van der Waals surface area contributed by atoms with Crippen LogP contribution in [-0.4, -0.2) is 33.1 Å². The van der Waals surface area contributed by atoms with Gasteiger partial charge in [0, 0.05) is 20.1 Å². The lowest BCUT2D eigenvalue weighted by Crippen LogP contribution is -2.24. The van der Waals surface area contributed by atoms with Crippen LogP contribution in [0.15, 0.2) is 48.5 Å². The van der Waals surface area contributed by atoms with Gasteiger partial charge < -0.3 is 9.67 Å². The summed E-state index contributed by atoms with van der Waals surface area (Å²) >= 11 is 0. The van der Waals surface area contributed by atoms with E-state index >= 15 is 0 Å². The third kappa shape index (κ3) is 3.44. The number of imidazole rings is 1. The maximum absolute atomic E-state index is 10.5. The fraction of sp³-hybridized carbons (Fsp3) is 0.316. The Hall–Kier alpha value is -2.17. The second kappa shape index (κ2) is 6.52. The monoisotopic (exact) mass is 309 g/mol. The maximum Gasteiger partial charge on any atom is 0.106 e. The molecule has 1 atom stereocenters. The van der Waals surface area contributed by atoms with E-state index in [1.165, 1.54) is 5.56 Å². The molecule has 3 aromatic rings. The minimum atomic E-state index is -0.518. The molecule has 0 fully saturated rings. The molecule has 0 amide bonds. The summed E-state index contributed by atoms with van der Waals surface area (Å²) in [4.78, 5) is 6.67. The summed E-state index contributed by atoms with van der Waals surface area (Å²) in [5.74, 6) is 0.979. The van der Waals surface area contributed by atoms with E-state index in [1.54, 1.807) is 0 Å². The summed E-state index contributed by atoms with van der Waals surface area (Å²) in [6, 6.07) is 16.3. The van der Waals surface area contributed by atoms with E-state index in [1.807, 2.05) is 57.4 Å². The normalized spacial score (nSPS) is 12.9. The van der Waals surface area contributed by atoms with Gasteiger partial charge >= 0.3 is 0 Å². The van der Waals surface area contributed by atoms with Crippen molar-refractivity contribution in [3.8, 4) is 0 Å². The molecular weight excluding hydrogens is 286 g/mol. The van der Waals surface area contributed by atoms with Gasteiger partial charge in [-0.05, 0) is 37.2 Å². The molecule has 1 unspecified atom stereocenters. The van der Waals surface area contributed by atoms with Crippen LogP contribution >= 0.6 is 0 Å². The second-order valence-corrected chi connectivity index (χ2v) is 6.16. The maximum atomic E-state index is 10.5. The molecule has 1 heterocycles.